The minimum Gasteiger partial charge on any atom is -0.354 e. The first-order valence-corrected chi connectivity index (χ1v) is 7.25. The molecule has 0 aromatic carbocycles. The zero-order chi connectivity index (χ0) is 14.1. The molecule has 0 amide bonds. The predicted octanol–water partition coefficient (Wildman–Crippen LogP) is 2.03. The van der Waals surface area contributed by atoms with E-state index >= 15 is 0 Å². The average molecular weight is 279 g/mol. The van der Waals surface area contributed by atoms with Crippen molar-refractivity contribution < 1.29 is 0 Å². The molecule has 21 heavy (non-hydrogen) atoms. The van der Waals surface area contributed by atoms with Crippen LogP contribution >= 0.6 is 0 Å². The lowest BCUT2D eigenvalue weighted by Gasteiger charge is -2.28. The van der Waals surface area contributed by atoms with Gasteiger partial charge in [0.1, 0.15) is 11.5 Å². The Morgan fingerprint density at radius 2 is 1.90 bits per heavy atom. The number of piperazine rings is 1. The van der Waals surface area contributed by atoms with Gasteiger partial charge in [-0.1, -0.05) is 0 Å². The van der Waals surface area contributed by atoms with Gasteiger partial charge in [-0.3, -0.25) is 0 Å². The van der Waals surface area contributed by atoms with Crippen molar-refractivity contribution in [3.05, 3.63) is 42.9 Å². The second kappa shape index (κ2) is 5.18. The molecule has 3 aromatic heterocycles. The van der Waals surface area contributed by atoms with Gasteiger partial charge in [-0.25, -0.2) is 9.97 Å². The number of aromatic nitrogens is 3. The van der Waals surface area contributed by atoms with Crippen LogP contribution in [0.3, 0.4) is 0 Å². The highest BCUT2D eigenvalue weighted by molar-refractivity contribution is 5.81. The molecular weight excluding hydrogens is 262 g/mol. The number of fused-ring (bicyclic) bond motifs is 1. The van der Waals surface area contributed by atoms with Gasteiger partial charge in [0, 0.05) is 55.7 Å². The predicted molar refractivity (Wildman–Crippen MR) is 84.4 cm³/mol. The smallest absolute Gasteiger partial charge is 0.137 e. The Balaban J connectivity index is 1.70. The minimum atomic E-state index is 0.926. The maximum absolute atomic E-state index is 4.51. The van der Waals surface area contributed by atoms with Gasteiger partial charge in [-0.2, -0.15) is 0 Å². The van der Waals surface area contributed by atoms with Crippen molar-refractivity contribution in [2.75, 3.05) is 31.1 Å². The van der Waals surface area contributed by atoms with Crippen molar-refractivity contribution in [1.29, 1.82) is 0 Å². The van der Waals surface area contributed by atoms with E-state index in [2.05, 4.69) is 37.3 Å². The van der Waals surface area contributed by atoms with Crippen molar-refractivity contribution in [1.82, 2.24) is 20.3 Å². The fourth-order valence-corrected chi connectivity index (χ4v) is 2.76. The summed E-state index contributed by atoms with van der Waals surface area (Å²) in [4.78, 5) is 14.4. The molecule has 0 atom stereocenters. The van der Waals surface area contributed by atoms with Crippen LogP contribution in [0, 0.1) is 0 Å². The molecule has 1 aliphatic rings. The fraction of sp³-hybridized carbons (Fsp3) is 0.250. The van der Waals surface area contributed by atoms with E-state index in [1.807, 2.05) is 30.7 Å². The second-order valence-corrected chi connectivity index (χ2v) is 5.28. The lowest BCUT2D eigenvalue weighted by atomic mass is 10.1. The molecule has 0 radical (unpaired) electrons. The van der Waals surface area contributed by atoms with Gasteiger partial charge in [-0.05, 0) is 29.8 Å². The fourth-order valence-electron chi connectivity index (χ4n) is 2.76. The highest BCUT2D eigenvalue weighted by Gasteiger charge is 2.12. The molecule has 1 saturated heterocycles. The van der Waals surface area contributed by atoms with Crippen molar-refractivity contribution >= 4 is 16.9 Å². The van der Waals surface area contributed by atoms with Gasteiger partial charge in [-0.15, -0.1) is 0 Å². The lowest BCUT2D eigenvalue weighted by Crippen LogP contribution is -2.43. The summed E-state index contributed by atoms with van der Waals surface area (Å²) >= 11 is 0. The molecule has 0 aliphatic carbocycles. The molecular formula is C16H17N5. The molecule has 0 spiro atoms. The Hall–Kier alpha value is -2.40. The molecule has 106 valence electrons. The molecule has 3 aromatic rings. The summed E-state index contributed by atoms with van der Waals surface area (Å²) in [6.45, 7) is 4.04. The maximum atomic E-state index is 4.51. The molecule has 0 unspecified atom stereocenters. The van der Waals surface area contributed by atoms with E-state index in [0.717, 1.165) is 54.2 Å². The zero-order valence-electron chi connectivity index (χ0n) is 11.7. The highest BCUT2D eigenvalue weighted by atomic mass is 15.2. The van der Waals surface area contributed by atoms with Crippen LogP contribution in [0.1, 0.15) is 0 Å². The number of anilines is 1. The summed E-state index contributed by atoms with van der Waals surface area (Å²) < 4.78 is 0. The molecule has 2 N–H and O–H groups in total. The largest absolute Gasteiger partial charge is 0.354 e. The molecule has 1 fully saturated rings. The number of hydrogen-bond donors (Lipinski definition) is 2. The molecule has 4 rings (SSSR count). The van der Waals surface area contributed by atoms with Crippen LogP contribution in [0.5, 0.6) is 0 Å². The first kappa shape index (κ1) is 12.3. The maximum Gasteiger partial charge on any atom is 0.137 e. The van der Waals surface area contributed by atoms with E-state index in [1.165, 1.54) is 0 Å². The first-order chi connectivity index (χ1) is 10.4. The van der Waals surface area contributed by atoms with Crippen LogP contribution in [-0.2, 0) is 0 Å². The van der Waals surface area contributed by atoms with E-state index in [1.54, 1.807) is 0 Å². The van der Waals surface area contributed by atoms with Gasteiger partial charge in [0.15, 0.2) is 0 Å². The Morgan fingerprint density at radius 3 is 2.81 bits per heavy atom. The molecule has 5 nitrogen and oxygen atoms in total. The monoisotopic (exact) mass is 279 g/mol. The van der Waals surface area contributed by atoms with Crippen LogP contribution in [0.4, 0.5) is 5.82 Å². The Morgan fingerprint density at radius 1 is 1.00 bits per heavy atom. The number of rotatable bonds is 2. The highest BCUT2D eigenvalue weighted by Crippen LogP contribution is 2.25. The van der Waals surface area contributed by atoms with Gasteiger partial charge in [0.2, 0.25) is 0 Å². The van der Waals surface area contributed by atoms with Crippen molar-refractivity contribution in [3.63, 3.8) is 0 Å². The third-order valence-corrected chi connectivity index (χ3v) is 3.92. The number of nitrogens with one attached hydrogen (secondary N) is 2. The Bertz CT molecular complexity index is 758. The van der Waals surface area contributed by atoms with Crippen molar-refractivity contribution in [2.45, 2.75) is 0 Å². The van der Waals surface area contributed by atoms with E-state index in [9.17, 15) is 0 Å². The van der Waals surface area contributed by atoms with Crippen LogP contribution < -0.4 is 10.2 Å². The number of pyridine rings is 2. The average Bonchev–Trinajstić information content (AvgIpc) is 3.03. The van der Waals surface area contributed by atoms with E-state index in [4.69, 9.17) is 0 Å². The van der Waals surface area contributed by atoms with Crippen LogP contribution in [0.25, 0.3) is 22.2 Å². The van der Waals surface area contributed by atoms with Crippen molar-refractivity contribution in [2.24, 2.45) is 0 Å². The standard InChI is InChI=1S/C16H17N5/c1-3-18-15(21-7-5-17-6-8-21)10-12(1)14-9-13-2-4-19-16(13)20-11-14/h1-4,9-11,17H,5-8H2,(H,19,20). The lowest BCUT2D eigenvalue weighted by molar-refractivity contribution is 0.585. The van der Waals surface area contributed by atoms with E-state index < -0.39 is 0 Å². The quantitative estimate of drug-likeness (QED) is 0.753. The summed E-state index contributed by atoms with van der Waals surface area (Å²) in [5, 5.41) is 4.50. The third kappa shape index (κ3) is 2.36. The molecule has 1 aliphatic heterocycles. The van der Waals surface area contributed by atoms with Crippen molar-refractivity contribution in [3.8, 4) is 11.1 Å². The number of aromatic amines is 1. The normalized spacial score (nSPS) is 15.5. The van der Waals surface area contributed by atoms with Gasteiger partial charge in [0.05, 0.1) is 0 Å². The van der Waals surface area contributed by atoms with Gasteiger partial charge < -0.3 is 15.2 Å². The summed E-state index contributed by atoms with van der Waals surface area (Å²) in [6, 6.07) is 8.40. The van der Waals surface area contributed by atoms with E-state index in [-0.39, 0.29) is 0 Å². The van der Waals surface area contributed by atoms with E-state index in [0.29, 0.717) is 0 Å². The topological polar surface area (TPSA) is 56.8 Å². The molecule has 5 heteroatoms. The third-order valence-electron chi connectivity index (χ3n) is 3.92. The Labute approximate surface area is 123 Å². The SMILES string of the molecule is c1cc(-c2cnc3[nH]ccc3c2)cc(N2CCNCC2)n1. The first-order valence-electron chi connectivity index (χ1n) is 7.25. The Kier molecular flexibility index (Phi) is 3.05. The second-order valence-electron chi connectivity index (χ2n) is 5.28. The number of H-pyrrole nitrogens is 1. The summed E-state index contributed by atoms with van der Waals surface area (Å²) in [5.41, 5.74) is 3.21. The van der Waals surface area contributed by atoms with Gasteiger partial charge >= 0.3 is 0 Å². The summed E-state index contributed by atoms with van der Waals surface area (Å²) in [5.74, 6) is 1.04. The van der Waals surface area contributed by atoms with Crippen LogP contribution in [-0.4, -0.2) is 41.1 Å². The number of nitrogens with zero attached hydrogens (tertiary/aromatic N) is 3. The number of hydrogen-bond acceptors (Lipinski definition) is 4. The zero-order valence-corrected chi connectivity index (χ0v) is 11.7. The van der Waals surface area contributed by atoms with Crippen LogP contribution in [0.15, 0.2) is 42.9 Å². The minimum absolute atomic E-state index is 0.926. The summed E-state index contributed by atoms with van der Waals surface area (Å²) in [6.07, 6.45) is 5.71. The summed E-state index contributed by atoms with van der Waals surface area (Å²) in [7, 11) is 0. The molecule has 0 saturated carbocycles. The van der Waals surface area contributed by atoms with Gasteiger partial charge in [0.25, 0.3) is 0 Å². The van der Waals surface area contributed by atoms with Crippen LogP contribution in [0.2, 0.25) is 0 Å². The molecule has 0 bridgehead atoms. The molecule has 4 heterocycles.